The Kier molecular flexibility index (Phi) is 19.9. The van der Waals surface area contributed by atoms with Crippen molar-refractivity contribution in [1.82, 2.24) is 0 Å². The van der Waals surface area contributed by atoms with Gasteiger partial charge in [0.25, 0.3) is 0 Å². The minimum absolute atomic E-state index is 0.157. The smallest absolute Gasteiger partial charge is 0.334 e. The molecule has 4 N–H and O–H groups in total. The third-order valence-electron chi connectivity index (χ3n) is 9.11. The molecule has 2 aliphatic heterocycles. The molecule has 7 nitrogen and oxygen atoms in total. The summed E-state index contributed by atoms with van der Waals surface area (Å²) in [5, 5.41) is 41.7. The first-order chi connectivity index (χ1) is 20.3. The van der Waals surface area contributed by atoms with Crippen LogP contribution in [0.2, 0.25) is 0 Å². The van der Waals surface area contributed by atoms with Crippen LogP contribution in [0.3, 0.4) is 0 Å². The lowest BCUT2D eigenvalue weighted by Gasteiger charge is -2.36. The summed E-state index contributed by atoms with van der Waals surface area (Å²) >= 11 is 0. The van der Waals surface area contributed by atoms with E-state index in [0.717, 1.165) is 57.8 Å². The Labute approximate surface area is 256 Å². The van der Waals surface area contributed by atoms with Crippen LogP contribution in [-0.2, 0) is 14.3 Å². The standard InChI is InChI=1S/C35H64O7/c1-3-4-5-6-7-8-9-10-11-15-22-33-32(39)23-24-34(42-33)31(38)21-17-16-19-29(36)18-13-12-14-20-30(37)26-28-25-27(2)41-35(28)40/h25,27,29-34,36-39H,3-24,26H2,1-2H3/t27-,29+,30+,31-,32+,33+,34+/m0/s1. The Balaban J connectivity index is 1.45. The summed E-state index contributed by atoms with van der Waals surface area (Å²) in [7, 11) is 0. The van der Waals surface area contributed by atoms with Gasteiger partial charge in [-0.3, -0.25) is 0 Å². The minimum Gasteiger partial charge on any atom is -0.455 e. The number of aliphatic hydroxyl groups is 4. The fourth-order valence-corrected chi connectivity index (χ4v) is 6.42. The number of hydrogen-bond donors (Lipinski definition) is 4. The molecule has 7 atom stereocenters. The van der Waals surface area contributed by atoms with E-state index in [2.05, 4.69) is 6.92 Å². The highest BCUT2D eigenvalue weighted by molar-refractivity contribution is 5.90. The highest BCUT2D eigenvalue weighted by Crippen LogP contribution is 2.28. The van der Waals surface area contributed by atoms with Crippen molar-refractivity contribution in [3.63, 3.8) is 0 Å². The molecule has 246 valence electrons. The van der Waals surface area contributed by atoms with E-state index >= 15 is 0 Å². The maximum Gasteiger partial charge on any atom is 0.334 e. The number of ether oxygens (including phenoxy) is 2. The van der Waals surface area contributed by atoms with Gasteiger partial charge < -0.3 is 29.9 Å². The number of cyclic esters (lactones) is 1. The van der Waals surface area contributed by atoms with E-state index in [0.29, 0.717) is 37.7 Å². The van der Waals surface area contributed by atoms with Crippen LogP contribution in [0.25, 0.3) is 0 Å². The molecular formula is C35H64O7. The van der Waals surface area contributed by atoms with E-state index in [1.54, 1.807) is 6.08 Å². The van der Waals surface area contributed by atoms with E-state index in [-0.39, 0.29) is 30.4 Å². The molecule has 0 unspecified atom stereocenters. The third-order valence-corrected chi connectivity index (χ3v) is 9.11. The van der Waals surface area contributed by atoms with Gasteiger partial charge in [-0.1, -0.05) is 103 Å². The Morgan fingerprint density at radius 2 is 1.31 bits per heavy atom. The molecule has 0 bridgehead atoms. The number of carbonyl (C=O) groups excluding carboxylic acids is 1. The van der Waals surface area contributed by atoms with Gasteiger partial charge in [0.2, 0.25) is 0 Å². The molecule has 2 heterocycles. The first-order valence-corrected chi connectivity index (χ1v) is 17.6. The number of unbranched alkanes of at least 4 members (excludes halogenated alkanes) is 12. The third kappa shape index (κ3) is 16.2. The van der Waals surface area contributed by atoms with Crippen LogP contribution in [0, 0.1) is 0 Å². The molecule has 1 saturated heterocycles. The number of hydrogen-bond acceptors (Lipinski definition) is 7. The van der Waals surface area contributed by atoms with Crippen LogP contribution in [0.15, 0.2) is 11.6 Å². The first kappa shape index (κ1) is 37.2. The molecular weight excluding hydrogens is 532 g/mol. The van der Waals surface area contributed by atoms with Crippen molar-refractivity contribution in [3.05, 3.63) is 11.6 Å². The summed E-state index contributed by atoms with van der Waals surface area (Å²) in [6, 6.07) is 0. The molecule has 0 aromatic rings. The molecule has 2 aliphatic rings. The van der Waals surface area contributed by atoms with Crippen molar-refractivity contribution in [2.24, 2.45) is 0 Å². The molecule has 1 fully saturated rings. The van der Waals surface area contributed by atoms with Crippen LogP contribution in [-0.4, -0.2) is 69.1 Å². The largest absolute Gasteiger partial charge is 0.455 e. The number of esters is 1. The van der Waals surface area contributed by atoms with Gasteiger partial charge in [0.1, 0.15) is 6.10 Å². The zero-order chi connectivity index (χ0) is 30.6. The van der Waals surface area contributed by atoms with Crippen molar-refractivity contribution in [2.45, 2.75) is 204 Å². The molecule has 0 saturated carbocycles. The number of rotatable bonds is 25. The van der Waals surface area contributed by atoms with Crippen molar-refractivity contribution in [3.8, 4) is 0 Å². The molecule has 0 radical (unpaired) electrons. The molecule has 0 spiro atoms. The maximum atomic E-state index is 11.7. The zero-order valence-corrected chi connectivity index (χ0v) is 26.9. The second kappa shape index (κ2) is 22.5. The van der Waals surface area contributed by atoms with Gasteiger partial charge in [-0.15, -0.1) is 0 Å². The Bertz CT molecular complexity index is 726. The molecule has 0 aromatic carbocycles. The second-order valence-corrected chi connectivity index (χ2v) is 13.1. The van der Waals surface area contributed by atoms with Gasteiger partial charge in [0.05, 0.1) is 36.6 Å². The van der Waals surface area contributed by atoms with E-state index in [1.807, 2.05) is 6.92 Å². The highest BCUT2D eigenvalue weighted by atomic mass is 16.5. The fraction of sp³-hybridized carbons (Fsp3) is 0.914. The van der Waals surface area contributed by atoms with Gasteiger partial charge in [0, 0.05) is 12.0 Å². The van der Waals surface area contributed by atoms with E-state index in [9.17, 15) is 25.2 Å². The average Bonchev–Trinajstić information content (AvgIpc) is 3.28. The minimum atomic E-state index is -0.531. The highest BCUT2D eigenvalue weighted by Gasteiger charge is 2.33. The Morgan fingerprint density at radius 3 is 1.93 bits per heavy atom. The number of carbonyl (C=O) groups is 1. The summed E-state index contributed by atoms with van der Waals surface area (Å²) in [5.41, 5.74) is 0.576. The molecule has 42 heavy (non-hydrogen) atoms. The Hall–Kier alpha value is -0.990. The number of aliphatic hydroxyl groups excluding tert-OH is 4. The van der Waals surface area contributed by atoms with Crippen LogP contribution in [0.1, 0.15) is 162 Å². The van der Waals surface area contributed by atoms with Crippen molar-refractivity contribution in [1.29, 1.82) is 0 Å². The topological polar surface area (TPSA) is 116 Å². The van der Waals surface area contributed by atoms with E-state index < -0.39 is 18.3 Å². The van der Waals surface area contributed by atoms with E-state index in [1.165, 1.54) is 57.8 Å². The predicted molar refractivity (Wildman–Crippen MR) is 168 cm³/mol. The second-order valence-electron chi connectivity index (χ2n) is 13.1. The SMILES string of the molecule is CCCCCCCCCCCC[C@H]1O[C@@H]([C@@H](O)CCCC[C@H](O)CCCCC[C@@H](O)CC2=C[C@H](C)OC2=O)CC[C@H]1O. The normalized spacial score (nSPS) is 24.8. The molecule has 0 aliphatic carbocycles. The summed E-state index contributed by atoms with van der Waals surface area (Å²) in [5.74, 6) is -0.314. The van der Waals surface area contributed by atoms with Crippen LogP contribution < -0.4 is 0 Å². The lowest BCUT2D eigenvalue weighted by molar-refractivity contribution is -0.155. The van der Waals surface area contributed by atoms with Crippen molar-refractivity contribution < 1.29 is 34.7 Å². The summed E-state index contributed by atoms with van der Waals surface area (Å²) in [6.07, 6.45) is 22.2. The monoisotopic (exact) mass is 596 g/mol. The first-order valence-electron chi connectivity index (χ1n) is 17.6. The molecule has 0 amide bonds. The van der Waals surface area contributed by atoms with Crippen molar-refractivity contribution in [2.75, 3.05) is 0 Å². The zero-order valence-electron chi connectivity index (χ0n) is 26.9. The van der Waals surface area contributed by atoms with Gasteiger partial charge in [-0.05, 0) is 57.9 Å². The quantitative estimate of drug-likeness (QED) is 0.0658. The summed E-state index contributed by atoms with van der Waals surface area (Å²) in [4.78, 5) is 11.7. The van der Waals surface area contributed by atoms with Crippen LogP contribution in [0.5, 0.6) is 0 Å². The lowest BCUT2D eigenvalue weighted by atomic mass is 9.92. The average molecular weight is 597 g/mol. The predicted octanol–water partition coefficient (Wildman–Crippen LogP) is 7.06. The van der Waals surface area contributed by atoms with Gasteiger partial charge >= 0.3 is 5.97 Å². The molecule has 0 aromatic heterocycles. The maximum absolute atomic E-state index is 11.7. The van der Waals surface area contributed by atoms with Gasteiger partial charge in [0.15, 0.2) is 0 Å². The van der Waals surface area contributed by atoms with Gasteiger partial charge in [-0.25, -0.2) is 4.79 Å². The van der Waals surface area contributed by atoms with Crippen molar-refractivity contribution >= 4 is 5.97 Å². The lowest BCUT2D eigenvalue weighted by Crippen LogP contribution is -2.43. The van der Waals surface area contributed by atoms with Gasteiger partial charge in [-0.2, -0.15) is 0 Å². The fourth-order valence-electron chi connectivity index (χ4n) is 6.42. The van der Waals surface area contributed by atoms with E-state index in [4.69, 9.17) is 9.47 Å². The van der Waals surface area contributed by atoms with Crippen LogP contribution >= 0.6 is 0 Å². The summed E-state index contributed by atoms with van der Waals surface area (Å²) < 4.78 is 11.2. The molecule has 2 rings (SSSR count). The molecule has 7 heteroatoms. The Morgan fingerprint density at radius 1 is 0.762 bits per heavy atom. The van der Waals surface area contributed by atoms with Crippen LogP contribution in [0.4, 0.5) is 0 Å². The summed E-state index contributed by atoms with van der Waals surface area (Å²) in [6.45, 7) is 4.07.